The first kappa shape index (κ1) is 21.9. The van der Waals surface area contributed by atoms with Crippen molar-refractivity contribution >= 4 is 16.1 Å². The number of nitrogens with one attached hydrogen (secondary N) is 1. The summed E-state index contributed by atoms with van der Waals surface area (Å²) in [5.74, 6) is 0.847. The summed E-state index contributed by atoms with van der Waals surface area (Å²) in [4.78, 5) is 13.8. The lowest BCUT2D eigenvalue weighted by atomic mass is 9.98. The molecule has 1 N–H and O–H groups in total. The molecule has 29 heavy (non-hydrogen) atoms. The number of benzene rings is 1. The van der Waals surface area contributed by atoms with Crippen molar-refractivity contribution in [2.45, 2.75) is 56.4 Å². The van der Waals surface area contributed by atoms with E-state index in [1.807, 2.05) is 30.3 Å². The number of rotatable bonds is 7. The molecule has 1 amide bonds. The maximum absolute atomic E-state index is 12.2. The van der Waals surface area contributed by atoms with Crippen LogP contribution in [0.15, 0.2) is 30.3 Å². The number of hydrogen-bond donors (Lipinski definition) is 1. The van der Waals surface area contributed by atoms with Crippen molar-refractivity contribution in [1.82, 2.24) is 9.62 Å². The second kappa shape index (κ2) is 9.77. The molecule has 1 aliphatic carbocycles. The van der Waals surface area contributed by atoms with Gasteiger partial charge in [0.15, 0.2) is 0 Å². The third-order valence-corrected chi connectivity index (χ3v) is 6.17. The summed E-state index contributed by atoms with van der Waals surface area (Å²) in [6.07, 6.45) is 4.67. The van der Waals surface area contributed by atoms with Crippen molar-refractivity contribution in [2.24, 2.45) is 0 Å². The maximum Gasteiger partial charge on any atom is 0.409 e. The van der Waals surface area contributed by atoms with Crippen molar-refractivity contribution < 1.29 is 27.4 Å². The first-order chi connectivity index (χ1) is 13.9. The van der Waals surface area contributed by atoms with Crippen LogP contribution in [0.1, 0.15) is 32.1 Å². The summed E-state index contributed by atoms with van der Waals surface area (Å²) >= 11 is 0. The summed E-state index contributed by atoms with van der Waals surface area (Å²) in [5, 5.41) is 0. The largest absolute Gasteiger partial charge is 0.490 e. The monoisotopic (exact) mass is 426 g/mol. The number of hydrogen-bond acceptors (Lipinski definition) is 6. The molecule has 1 aromatic rings. The summed E-state index contributed by atoms with van der Waals surface area (Å²) in [6, 6.07) is 8.91. The van der Waals surface area contributed by atoms with E-state index in [4.69, 9.17) is 14.2 Å². The molecule has 3 rings (SSSR count). The average molecular weight is 427 g/mol. The topological polar surface area (TPSA) is 94.2 Å². The van der Waals surface area contributed by atoms with Gasteiger partial charge in [-0.05, 0) is 37.8 Å². The van der Waals surface area contributed by atoms with Crippen molar-refractivity contribution in [3.05, 3.63) is 30.3 Å². The molecule has 1 aliphatic heterocycles. The van der Waals surface area contributed by atoms with Crippen LogP contribution >= 0.6 is 0 Å². The van der Waals surface area contributed by atoms with Gasteiger partial charge >= 0.3 is 6.09 Å². The minimum absolute atomic E-state index is 0.0176. The van der Waals surface area contributed by atoms with Crippen LogP contribution in [0, 0.1) is 0 Å². The number of para-hydroxylation sites is 1. The second-order valence-corrected chi connectivity index (χ2v) is 9.47. The zero-order valence-electron chi connectivity index (χ0n) is 17.0. The van der Waals surface area contributed by atoms with Crippen LogP contribution in [0.3, 0.4) is 0 Å². The molecule has 162 valence electrons. The van der Waals surface area contributed by atoms with Crippen LogP contribution in [0.25, 0.3) is 0 Å². The van der Waals surface area contributed by atoms with Crippen LogP contribution in [0.4, 0.5) is 4.79 Å². The molecule has 1 saturated heterocycles. The van der Waals surface area contributed by atoms with Gasteiger partial charge < -0.3 is 19.1 Å². The van der Waals surface area contributed by atoms with E-state index in [1.54, 1.807) is 4.90 Å². The number of likely N-dealkylation sites (tertiary alicyclic amines) is 1. The molecule has 9 heteroatoms. The number of nitrogens with zero attached hydrogens (tertiary/aromatic N) is 1. The van der Waals surface area contributed by atoms with Crippen molar-refractivity contribution in [2.75, 3.05) is 26.5 Å². The third-order valence-electron chi connectivity index (χ3n) is 5.44. The van der Waals surface area contributed by atoms with E-state index in [0.29, 0.717) is 19.4 Å². The number of sulfonamides is 1. The van der Waals surface area contributed by atoms with Gasteiger partial charge in [-0.15, -0.1) is 0 Å². The fourth-order valence-corrected chi connectivity index (χ4v) is 4.93. The van der Waals surface area contributed by atoms with Crippen LogP contribution < -0.4 is 9.46 Å². The fraction of sp³-hybridized carbons (Fsp3) is 0.650. The van der Waals surface area contributed by atoms with Crippen molar-refractivity contribution in [3.8, 4) is 5.75 Å². The molecule has 0 aromatic heterocycles. The number of ether oxygens (including phenoxy) is 3. The Morgan fingerprint density at radius 2 is 1.90 bits per heavy atom. The highest BCUT2D eigenvalue weighted by atomic mass is 32.2. The average Bonchev–Trinajstić information content (AvgIpc) is 3.13. The highest BCUT2D eigenvalue weighted by molar-refractivity contribution is 7.88. The summed E-state index contributed by atoms with van der Waals surface area (Å²) in [5.41, 5.74) is 0. The third kappa shape index (κ3) is 6.32. The molecule has 4 unspecified atom stereocenters. The maximum atomic E-state index is 12.2. The van der Waals surface area contributed by atoms with Crippen LogP contribution in [-0.2, 0) is 19.5 Å². The standard InChI is InChI=1S/C20H30N2O6S/c1-26-20(23)22-12-6-9-18(21-29(2,24)25)19(22)14-27-16-10-11-17(13-16)28-15-7-4-3-5-8-15/h3-5,7-8,16-19,21H,6,9-14H2,1-2H3. The van der Waals surface area contributed by atoms with Crippen LogP contribution in [-0.4, -0.2) is 70.2 Å². The van der Waals surface area contributed by atoms with Crippen molar-refractivity contribution in [3.63, 3.8) is 0 Å². The molecular formula is C20H30N2O6S. The molecule has 1 saturated carbocycles. The molecule has 4 atom stereocenters. The molecule has 2 fully saturated rings. The lowest BCUT2D eigenvalue weighted by Gasteiger charge is -2.40. The summed E-state index contributed by atoms with van der Waals surface area (Å²) in [6.45, 7) is 0.776. The van der Waals surface area contributed by atoms with E-state index in [2.05, 4.69) is 4.72 Å². The normalized spacial score (nSPS) is 27.6. The van der Waals surface area contributed by atoms with Gasteiger partial charge in [0.25, 0.3) is 0 Å². The number of methoxy groups -OCH3 is 1. The van der Waals surface area contributed by atoms with Gasteiger partial charge in [0.05, 0.1) is 32.1 Å². The molecule has 2 aliphatic rings. The Hall–Kier alpha value is -1.84. The zero-order valence-corrected chi connectivity index (χ0v) is 17.8. The predicted molar refractivity (Wildman–Crippen MR) is 108 cm³/mol. The minimum atomic E-state index is -3.40. The number of piperidine rings is 1. The van der Waals surface area contributed by atoms with Gasteiger partial charge in [-0.25, -0.2) is 17.9 Å². The SMILES string of the molecule is COC(=O)N1CCCC(NS(C)(=O)=O)C1COC1CCC(Oc2ccccc2)C1. The number of carbonyl (C=O) groups is 1. The molecule has 0 spiro atoms. The van der Waals surface area contributed by atoms with E-state index in [-0.39, 0.29) is 18.8 Å². The summed E-state index contributed by atoms with van der Waals surface area (Å²) < 4.78 is 43.2. The first-order valence-corrected chi connectivity index (χ1v) is 11.9. The van der Waals surface area contributed by atoms with Crippen LogP contribution in [0.5, 0.6) is 5.75 Å². The minimum Gasteiger partial charge on any atom is -0.490 e. The first-order valence-electron chi connectivity index (χ1n) is 10.0. The number of amides is 1. The quantitative estimate of drug-likeness (QED) is 0.718. The van der Waals surface area contributed by atoms with Gasteiger partial charge in [-0.2, -0.15) is 0 Å². The van der Waals surface area contributed by atoms with Gasteiger partial charge in [0, 0.05) is 19.0 Å². The Labute approximate surface area is 172 Å². The molecule has 8 nitrogen and oxygen atoms in total. The molecule has 1 aromatic carbocycles. The lowest BCUT2D eigenvalue weighted by Crippen LogP contribution is -2.58. The predicted octanol–water partition coefficient (Wildman–Crippen LogP) is 2.15. The van der Waals surface area contributed by atoms with E-state index < -0.39 is 28.2 Å². The van der Waals surface area contributed by atoms with Crippen molar-refractivity contribution in [1.29, 1.82) is 0 Å². The van der Waals surface area contributed by atoms with Gasteiger partial charge in [0.1, 0.15) is 11.9 Å². The van der Waals surface area contributed by atoms with Crippen LogP contribution in [0.2, 0.25) is 0 Å². The van der Waals surface area contributed by atoms with E-state index in [9.17, 15) is 13.2 Å². The highest BCUT2D eigenvalue weighted by Gasteiger charge is 2.38. The Balaban J connectivity index is 1.58. The molecule has 0 radical (unpaired) electrons. The van der Waals surface area contributed by atoms with Gasteiger partial charge in [-0.3, -0.25) is 0 Å². The van der Waals surface area contributed by atoms with E-state index >= 15 is 0 Å². The smallest absolute Gasteiger partial charge is 0.409 e. The molecular weight excluding hydrogens is 396 g/mol. The molecule has 0 bridgehead atoms. The molecule has 1 heterocycles. The summed E-state index contributed by atoms with van der Waals surface area (Å²) in [7, 11) is -2.07. The lowest BCUT2D eigenvalue weighted by molar-refractivity contribution is -0.0106. The second-order valence-electron chi connectivity index (χ2n) is 7.69. The highest BCUT2D eigenvalue weighted by Crippen LogP contribution is 2.28. The number of carbonyl (C=O) groups excluding carboxylic acids is 1. The Kier molecular flexibility index (Phi) is 7.37. The Bertz CT molecular complexity index is 772. The Morgan fingerprint density at radius 3 is 2.59 bits per heavy atom. The Morgan fingerprint density at radius 1 is 1.17 bits per heavy atom. The van der Waals surface area contributed by atoms with Gasteiger partial charge in [-0.1, -0.05) is 18.2 Å². The van der Waals surface area contributed by atoms with E-state index in [1.165, 1.54) is 7.11 Å². The fourth-order valence-electron chi connectivity index (χ4n) is 4.10. The van der Waals surface area contributed by atoms with E-state index in [0.717, 1.165) is 31.3 Å². The van der Waals surface area contributed by atoms with Gasteiger partial charge in [0.2, 0.25) is 10.0 Å². The zero-order chi connectivity index (χ0) is 20.9.